The maximum absolute atomic E-state index is 13.3. The molecule has 1 aromatic carbocycles. The van der Waals surface area contributed by atoms with Gasteiger partial charge in [0.05, 0.1) is 12.3 Å². The summed E-state index contributed by atoms with van der Waals surface area (Å²) in [5.41, 5.74) is -0.185. The lowest BCUT2D eigenvalue weighted by Gasteiger charge is -2.13. The van der Waals surface area contributed by atoms with Crippen LogP contribution in [0.25, 0.3) is 0 Å². The molecule has 2 N–H and O–H groups in total. The van der Waals surface area contributed by atoms with Crippen molar-refractivity contribution >= 4 is 17.7 Å². The van der Waals surface area contributed by atoms with Gasteiger partial charge in [0.1, 0.15) is 17.7 Å². The van der Waals surface area contributed by atoms with Crippen LogP contribution < -0.4 is 10.6 Å². The number of amides is 2. The number of hydrogen-bond donors (Lipinski definition) is 2. The molecule has 0 radical (unpaired) electrons. The van der Waals surface area contributed by atoms with Crippen LogP contribution in [0.1, 0.15) is 13.8 Å². The first-order chi connectivity index (χ1) is 8.93. The first-order valence-corrected chi connectivity index (χ1v) is 5.63. The van der Waals surface area contributed by atoms with E-state index in [1.807, 2.05) is 0 Å². The zero-order valence-electron chi connectivity index (χ0n) is 10.5. The normalized spacial score (nSPS) is 11.6. The van der Waals surface area contributed by atoms with Crippen LogP contribution in [0.4, 0.5) is 19.3 Å². The van der Waals surface area contributed by atoms with Gasteiger partial charge in [0.25, 0.3) is 0 Å². The van der Waals surface area contributed by atoms with Gasteiger partial charge in [0.2, 0.25) is 0 Å². The fraction of sp³-hybridized carbons (Fsp3) is 0.333. The first kappa shape index (κ1) is 14.9. The van der Waals surface area contributed by atoms with Crippen molar-refractivity contribution in [3.63, 3.8) is 0 Å². The molecule has 0 fully saturated rings. The highest BCUT2D eigenvalue weighted by Crippen LogP contribution is 2.14. The van der Waals surface area contributed by atoms with E-state index in [0.717, 1.165) is 12.1 Å². The number of halogens is 2. The summed E-state index contributed by atoms with van der Waals surface area (Å²) in [4.78, 5) is 22.7. The van der Waals surface area contributed by atoms with Gasteiger partial charge in [-0.05, 0) is 26.0 Å². The molecule has 2 amide bonds. The average Bonchev–Trinajstić information content (AvgIpc) is 2.33. The van der Waals surface area contributed by atoms with Crippen molar-refractivity contribution in [3.05, 3.63) is 29.8 Å². The topological polar surface area (TPSA) is 67.4 Å². The molecule has 1 aromatic rings. The van der Waals surface area contributed by atoms with Crippen molar-refractivity contribution in [2.45, 2.75) is 19.9 Å². The predicted octanol–water partition coefficient (Wildman–Crippen LogP) is 2.04. The van der Waals surface area contributed by atoms with Gasteiger partial charge in [-0.2, -0.15) is 0 Å². The Hall–Kier alpha value is -2.18. The van der Waals surface area contributed by atoms with Crippen molar-refractivity contribution in [3.8, 4) is 0 Å². The Bertz CT molecular complexity index is 480. The average molecular weight is 272 g/mol. The van der Waals surface area contributed by atoms with Gasteiger partial charge in [-0.1, -0.05) is 0 Å². The van der Waals surface area contributed by atoms with Crippen molar-refractivity contribution in [1.82, 2.24) is 5.32 Å². The molecule has 1 atom stereocenters. The summed E-state index contributed by atoms with van der Waals surface area (Å²) in [6.45, 7) is 3.26. The highest BCUT2D eigenvalue weighted by atomic mass is 19.1. The fourth-order valence-electron chi connectivity index (χ4n) is 1.27. The Balaban J connectivity index is 2.58. The Morgan fingerprint density at radius 2 is 2.05 bits per heavy atom. The van der Waals surface area contributed by atoms with Crippen LogP contribution >= 0.6 is 0 Å². The Morgan fingerprint density at radius 1 is 1.37 bits per heavy atom. The summed E-state index contributed by atoms with van der Waals surface area (Å²) in [5, 5.41) is 4.44. The first-order valence-electron chi connectivity index (χ1n) is 5.63. The lowest BCUT2D eigenvalue weighted by molar-refractivity contribution is -0.144. The SMILES string of the molecule is CCOC(=O)C(C)NC(=O)Nc1ccc(F)cc1F. The Labute approximate surface area is 108 Å². The van der Waals surface area contributed by atoms with Crippen LogP contribution in [-0.2, 0) is 9.53 Å². The molecular formula is C12H14F2N2O3. The molecule has 0 aliphatic heterocycles. The smallest absolute Gasteiger partial charge is 0.328 e. The number of nitrogens with one attached hydrogen (secondary N) is 2. The van der Waals surface area contributed by atoms with Crippen LogP contribution in [0, 0.1) is 11.6 Å². The van der Waals surface area contributed by atoms with Gasteiger partial charge >= 0.3 is 12.0 Å². The number of hydrogen-bond acceptors (Lipinski definition) is 3. The molecule has 1 rings (SSSR count). The third-order valence-corrected chi connectivity index (χ3v) is 2.17. The third-order valence-electron chi connectivity index (χ3n) is 2.17. The van der Waals surface area contributed by atoms with Crippen molar-refractivity contribution in [2.75, 3.05) is 11.9 Å². The standard InChI is InChI=1S/C12H14F2N2O3/c1-3-19-11(17)7(2)15-12(18)16-10-5-4-8(13)6-9(10)14/h4-7H,3H2,1-2H3,(H2,15,16,18). The van der Waals surface area contributed by atoms with E-state index in [9.17, 15) is 18.4 Å². The highest BCUT2D eigenvalue weighted by Gasteiger charge is 2.17. The second-order valence-corrected chi connectivity index (χ2v) is 3.70. The van der Waals surface area contributed by atoms with Gasteiger partial charge in [-0.15, -0.1) is 0 Å². The van der Waals surface area contributed by atoms with E-state index in [2.05, 4.69) is 15.4 Å². The zero-order valence-corrected chi connectivity index (χ0v) is 10.5. The summed E-state index contributed by atoms with van der Waals surface area (Å²) in [7, 11) is 0. The van der Waals surface area contributed by atoms with Gasteiger partial charge in [-0.3, -0.25) is 0 Å². The third kappa shape index (κ3) is 4.53. The number of carbonyl (C=O) groups is 2. The molecule has 104 valence electrons. The minimum atomic E-state index is -0.904. The van der Waals surface area contributed by atoms with Crippen LogP contribution in [0.15, 0.2) is 18.2 Å². The van der Waals surface area contributed by atoms with E-state index in [-0.39, 0.29) is 12.3 Å². The van der Waals surface area contributed by atoms with E-state index < -0.39 is 29.7 Å². The maximum Gasteiger partial charge on any atom is 0.328 e. The zero-order chi connectivity index (χ0) is 14.4. The van der Waals surface area contributed by atoms with E-state index in [4.69, 9.17) is 0 Å². The fourth-order valence-corrected chi connectivity index (χ4v) is 1.27. The lowest BCUT2D eigenvalue weighted by atomic mass is 10.3. The lowest BCUT2D eigenvalue weighted by Crippen LogP contribution is -2.42. The van der Waals surface area contributed by atoms with E-state index in [1.165, 1.54) is 6.92 Å². The molecule has 0 saturated carbocycles. The Kier molecular flexibility index (Phi) is 5.23. The summed E-state index contributed by atoms with van der Waals surface area (Å²) in [5.74, 6) is -2.25. The number of esters is 1. The molecule has 0 aromatic heterocycles. The number of anilines is 1. The molecule has 1 unspecified atom stereocenters. The predicted molar refractivity (Wildman–Crippen MR) is 64.6 cm³/mol. The summed E-state index contributed by atoms with van der Waals surface area (Å²) >= 11 is 0. The number of ether oxygens (including phenoxy) is 1. The van der Waals surface area contributed by atoms with E-state index in [0.29, 0.717) is 6.07 Å². The van der Waals surface area contributed by atoms with Gasteiger partial charge in [0, 0.05) is 6.07 Å². The van der Waals surface area contributed by atoms with Crippen molar-refractivity contribution in [1.29, 1.82) is 0 Å². The van der Waals surface area contributed by atoms with Crippen LogP contribution in [-0.4, -0.2) is 24.6 Å². The van der Waals surface area contributed by atoms with Gasteiger partial charge in [0.15, 0.2) is 0 Å². The number of benzene rings is 1. The molecule has 7 heteroatoms. The van der Waals surface area contributed by atoms with Crippen LogP contribution in [0.5, 0.6) is 0 Å². The molecule has 5 nitrogen and oxygen atoms in total. The second-order valence-electron chi connectivity index (χ2n) is 3.70. The molecule has 0 spiro atoms. The second kappa shape index (κ2) is 6.67. The molecule has 19 heavy (non-hydrogen) atoms. The minimum absolute atomic E-state index is 0.185. The Morgan fingerprint density at radius 3 is 2.63 bits per heavy atom. The van der Waals surface area contributed by atoms with Crippen molar-refractivity contribution < 1.29 is 23.1 Å². The molecule has 0 heterocycles. The van der Waals surface area contributed by atoms with Crippen LogP contribution in [0.3, 0.4) is 0 Å². The molecule has 0 aliphatic carbocycles. The molecule has 0 bridgehead atoms. The molecule has 0 saturated heterocycles. The number of rotatable bonds is 4. The highest BCUT2D eigenvalue weighted by molar-refractivity contribution is 5.92. The van der Waals surface area contributed by atoms with Crippen LogP contribution in [0.2, 0.25) is 0 Å². The maximum atomic E-state index is 13.3. The summed E-state index contributed by atoms with van der Waals surface area (Å²) in [6, 6.07) is 1.08. The largest absolute Gasteiger partial charge is 0.464 e. The molecule has 0 aliphatic rings. The number of carbonyl (C=O) groups excluding carboxylic acids is 2. The van der Waals surface area contributed by atoms with E-state index >= 15 is 0 Å². The monoisotopic (exact) mass is 272 g/mol. The number of urea groups is 1. The summed E-state index contributed by atoms with van der Waals surface area (Å²) in [6.07, 6.45) is 0. The van der Waals surface area contributed by atoms with E-state index in [1.54, 1.807) is 6.92 Å². The van der Waals surface area contributed by atoms with Crippen molar-refractivity contribution in [2.24, 2.45) is 0 Å². The summed E-state index contributed by atoms with van der Waals surface area (Å²) < 4.78 is 30.6. The quantitative estimate of drug-likeness (QED) is 0.824. The molecular weight excluding hydrogens is 258 g/mol. The minimum Gasteiger partial charge on any atom is -0.464 e. The van der Waals surface area contributed by atoms with Gasteiger partial charge in [-0.25, -0.2) is 18.4 Å². The van der Waals surface area contributed by atoms with Gasteiger partial charge < -0.3 is 15.4 Å².